The van der Waals surface area contributed by atoms with Gasteiger partial charge in [-0.2, -0.15) is 0 Å². The van der Waals surface area contributed by atoms with Gasteiger partial charge in [-0.1, -0.05) is 6.07 Å². The Hall–Kier alpha value is -2.82. The Labute approximate surface area is 140 Å². The molecule has 5 heteroatoms. The third-order valence-electron chi connectivity index (χ3n) is 4.27. The zero-order valence-electron chi connectivity index (χ0n) is 14.0. The molecule has 2 aromatic heterocycles. The molecule has 1 aromatic carbocycles. The maximum absolute atomic E-state index is 12.9. The van der Waals surface area contributed by atoms with Crippen LogP contribution in [0.3, 0.4) is 0 Å². The molecule has 1 amide bonds. The van der Waals surface area contributed by atoms with Gasteiger partial charge < -0.3 is 14.4 Å². The van der Waals surface area contributed by atoms with Crippen LogP contribution in [0.1, 0.15) is 28.7 Å². The first-order valence-corrected chi connectivity index (χ1v) is 7.86. The number of phenols is 1. The summed E-state index contributed by atoms with van der Waals surface area (Å²) < 4.78 is 5.65. The van der Waals surface area contributed by atoms with Gasteiger partial charge >= 0.3 is 0 Å². The quantitative estimate of drug-likeness (QED) is 0.797. The molecule has 0 aliphatic carbocycles. The van der Waals surface area contributed by atoms with E-state index in [0.717, 1.165) is 5.69 Å². The van der Waals surface area contributed by atoms with Gasteiger partial charge in [-0.05, 0) is 44.2 Å². The van der Waals surface area contributed by atoms with Crippen molar-refractivity contribution in [3.05, 3.63) is 59.6 Å². The lowest BCUT2D eigenvalue weighted by atomic mass is 10.1. The van der Waals surface area contributed by atoms with Crippen molar-refractivity contribution < 1.29 is 14.3 Å². The summed E-state index contributed by atoms with van der Waals surface area (Å²) in [6.45, 7) is 3.75. The topological polar surface area (TPSA) is 66.6 Å². The number of hydrogen-bond donors (Lipinski definition) is 1. The van der Waals surface area contributed by atoms with Crippen molar-refractivity contribution in [2.45, 2.75) is 26.3 Å². The molecule has 0 saturated carbocycles. The Morgan fingerprint density at radius 3 is 2.83 bits per heavy atom. The minimum absolute atomic E-state index is 0.0194. The van der Waals surface area contributed by atoms with Crippen LogP contribution in [0, 0.1) is 6.92 Å². The Morgan fingerprint density at radius 2 is 2.12 bits per heavy atom. The summed E-state index contributed by atoms with van der Waals surface area (Å²) in [7, 11) is 1.77. The summed E-state index contributed by atoms with van der Waals surface area (Å²) in [5.74, 6) is 0.541. The standard InChI is InChI=1S/C19H20N2O3/c1-12(10-14-6-4-5-9-20-14)21(3)19(23)18-13(2)24-17-8-7-15(22)11-16(17)18/h4-9,11-12,22H,10H2,1-3H3/t12-/m1/s1. The lowest BCUT2D eigenvalue weighted by Crippen LogP contribution is -2.36. The van der Waals surface area contributed by atoms with Gasteiger partial charge in [0.05, 0.1) is 5.56 Å². The van der Waals surface area contributed by atoms with E-state index in [-0.39, 0.29) is 17.7 Å². The van der Waals surface area contributed by atoms with Crippen LogP contribution in [-0.2, 0) is 6.42 Å². The summed E-state index contributed by atoms with van der Waals surface area (Å²) in [5.41, 5.74) is 2.03. The predicted octanol–water partition coefficient (Wildman–Crippen LogP) is 3.55. The molecule has 5 nitrogen and oxygen atoms in total. The first-order valence-electron chi connectivity index (χ1n) is 7.86. The molecule has 3 rings (SSSR count). The van der Waals surface area contributed by atoms with Crippen molar-refractivity contribution in [3.63, 3.8) is 0 Å². The van der Waals surface area contributed by atoms with E-state index in [2.05, 4.69) is 4.98 Å². The second-order valence-electron chi connectivity index (χ2n) is 6.00. The number of amides is 1. The number of rotatable bonds is 4. The molecule has 0 spiro atoms. The summed E-state index contributed by atoms with van der Waals surface area (Å²) in [6.07, 6.45) is 2.42. The fraction of sp³-hybridized carbons (Fsp3) is 0.263. The number of hydrogen-bond acceptors (Lipinski definition) is 4. The van der Waals surface area contributed by atoms with Gasteiger partial charge in [0.25, 0.3) is 5.91 Å². The third kappa shape index (κ3) is 2.97. The molecule has 0 unspecified atom stereocenters. The predicted molar refractivity (Wildman–Crippen MR) is 92.1 cm³/mol. The van der Waals surface area contributed by atoms with Gasteiger partial charge in [-0.15, -0.1) is 0 Å². The molecule has 0 saturated heterocycles. The SMILES string of the molecule is Cc1oc2ccc(O)cc2c1C(=O)N(C)[C@H](C)Cc1ccccn1. The van der Waals surface area contributed by atoms with Gasteiger partial charge in [0, 0.05) is 36.8 Å². The third-order valence-corrected chi connectivity index (χ3v) is 4.27. The van der Waals surface area contributed by atoms with Gasteiger partial charge in [0.2, 0.25) is 0 Å². The maximum atomic E-state index is 12.9. The number of furan rings is 1. The van der Waals surface area contributed by atoms with Crippen LogP contribution in [0.25, 0.3) is 11.0 Å². The van der Waals surface area contributed by atoms with Crippen molar-refractivity contribution in [3.8, 4) is 5.75 Å². The summed E-state index contributed by atoms with van der Waals surface area (Å²) >= 11 is 0. The molecular formula is C19H20N2O3. The average molecular weight is 324 g/mol. The van der Waals surface area contributed by atoms with Crippen molar-refractivity contribution in [2.75, 3.05) is 7.05 Å². The summed E-state index contributed by atoms with van der Waals surface area (Å²) in [4.78, 5) is 19.0. The van der Waals surface area contributed by atoms with Gasteiger partial charge in [-0.3, -0.25) is 9.78 Å². The highest BCUT2D eigenvalue weighted by atomic mass is 16.3. The fourth-order valence-corrected chi connectivity index (χ4v) is 2.81. The largest absolute Gasteiger partial charge is 0.508 e. The zero-order chi connectivity index (χ0) is 17.3. The number of phenolic OH excluding ortho intramolecular Hbond substituents is 1. The number of aryl methyl sites for hydroxylation is 1. The molecule has 24 heavy (non-hydrogen) atoms. The van der Waals surface area contributed by atoms with Gasteiger partial charge in [0.1, 0.15) is 17.1 Å². The molecule has 3 aromatic rings. The van der Waals surface area contributed by atoms with Crippen molar-refractivity contribution in [1.82, 2.24) is 9.88 Å². The van der Waals surface area contributed by atoms with Crippen LogP contribution >= 0.6 is 0 Å². The van der Waals surface area contributed by atoms with E-state index in [0.29, 0.717) is 28.7 Å². The van der Waals surface area contributed by atoms with Crippen molar-refractivity contribution >= 4 is 16.9 Å². The van der Waals surface area contributed by atoms with Crippen LogP contribution in [0.5, 0.6) is 5.75 Å². The lowest BCUT2D eigenvalue weighted by molar-refractivity contribution is 0.0743. The van der Waals surface area contributed by atoms with Crippen LogP contribution < -0.4 is 0 Å². The number of aromatic hydroxyl groups is 1. The molecule has 0 radical (unpaired) electrons. The minimum atomic E-state index is -0.125. The van der Waals surface area contributed by atoms with E-state index >= 15 is 0 Å². The second-order valence-corrected chi connectivity index (χ2v) is 6.00. The van der Waals surface area contributed by atoms with Gasteiger partial charge in [0.15, 0.2) is 0 Å². The molecule has 0 fully saturated rings. The molecule has 1 atom stereocenters. The van der Waals surface area contributed by atoms with Crippen LogP contribution in [0.15, 0.2) is 47.0 Å². The van der Waals surface area contributed by atoms with E-state index in [1.807, 2.05) is 25.1 Å². The Bertz CT molecular complexity index is 871. The molecule has 0 aliphatic heterocycles. The lowest BCUT2D eigenvalue weighted by Gasteiger charge is -2.24. The second kappa shape index (κ2) is 6.35. The molecule has 0 aliphatic rings. The smallest absolute Gasteiger partial charge is 0.258 e. The average Bonchev–Trinajstić information content (AvgIpc) is 2.89. The van der Waals surface area contributed by atoms with E-state index in [4.69, 9.17) is 4.42 Å². The monoisotopic (exact) mass is 324 g/mol. The Kier molecular flexibility index (Phi) is 4.25. The number of fused-ring (bicyclic) bond motifs is 1. The fourth-order valence-electron chi connectivity index (χ4n) is 2.81. The summed E-state index contributed by atoms with van der Waals surface area (Å²) in [6, 6.07) is 10.5. The van der Waals surface area contributed by atoms with E-state index < -0.39 is 0 Å². The molecular weight excluding hydrogens is 304 g/mol. The number of aromatic nitrogens is 1. The normalized spacial score (nSPS) is 12.3. The van der Waals surface area contributed by atoms with Crippen LogP contribution in [0.2, 0.25) is 0 Å². The van der Waals surface area contributed by atoms with E-state index in [1.54, 1.807) is 43.3 Å². The molecule has 1 N–H and O–H groups in total. The highest BCUT2D eigenvalue weighted by Crippen LogP contribution is 2.29. The minimum Gasteiger partial charge on any atom is -0.508 e. The number of carbonyl (C=O) groups excluding carboxylic acids is 1. The number of nitrogens with zero attached hydrogens (tertiary/aromatic N) is 2. The highest BCUT2D eigenvalue weighted by molar-refractivity contribution is 6.07. The number of likely N-dealkylation sites (N-methyl/N-ethyl adjacent to an activating group) is 1. The van der Waals surface area contributed by atoms with Crippen molar-refractivity contribution in [1.29, 1.82) is 0 Å². The van der Waals surface area contributed by atoms with E-state index in [9.17, 15) is 9.90 Å². The molecule has 2 heterocycles. The number of pyridine rings is 1. The first-order chi connectivity index (χ1) is 11.5. The van der Waals surface area contributed by atoms with E-state index in [1.165, 1.54) is 0 Å². The van der Waals surface area contributed by atoms with Gasteiger partial charge in [-0.25, -0.2) is 0 Å². The Morgan fingerprint density at radius 1 is 1.33 bits per heavy atom. The zero-order valence-corrected chi connectivity index (χ0v) is 14.0. The highest BCUT2D eigenvalue weighted by Gasteiger charge is 2.24. The maximum Gasteiger partial charge on any atom is 0.258 e. The number of benzene rings is 1. The van der Waals surface area contributed by atoms with Crippen LogP contribution in [-0.4, -0.2) is 34.0 Å². The molecule has 0 bridgehead atoms. The van der Waals surface area contributed by atoms with Crippen LogP contribution in [0.4, 0.5) is 0 Å². The summed E-state index contributed by atoms with van der Waals surface area (Å²) in [5, 5.41) is 10.3. The number of carbonyl (C=O) groups is 1. The molecule has 124 valence electrons. The van der Waals surface area contributed by atoms with Crippen molar-refractivity contribution in [2.24, 2.45) is 0 Å². The first kappa shape index (κ1) is 16.1. The Balaban J connectivity index is 1.88.